The van der Waals surface area contributed by atoms with Crippen molar-refractivity contribution in [3.63, 3.8) is 0 Å². The molecule has 0 aromatic carbocycles. The van der Waals surface area contributed by atoms with Crippen LogP contribution in [0.4, 0.5) is 0 Å². The number of amides is 1. The molecule has 0 aromatic heterocycles. The van der Waals surface area contributed by atoms with E-state index in [0.29, 0.717) is 0 Å². The van der Waals surface area contributed by atoms with Crippen LogP contribution in [-0.4, -0.2) is 37.8 Å². The fraction of sp³-hybridized carbons (Fsp3) is 0.857. The maximum atomic E-state index is 11.4. The zero-order valence-corrected chi connectivity index (χ0v) is 7.09. The van der Waals surface area contributed by atoms with Gasteiger partial charge in [-0.2, -0.15) is 0 Å². The molecule has 1 rings (SSSR count). The Morgan fingerprint density at radius 2 is 2.00 bits per heavy atom. The molecule has 0 aromatic rings. The van der Waals surface area contributed by atoms with E-state index >= 15 is 0 Å². The molecule has 0 heterocycles. The predicted octanol–water partition coefficient (Wildman–Crippen LogP) is 0.185. The predicted molar refractivity (Wildman–Crippen MR) is 38.8 cm³/mol. The molecule has 1 aliphatic carbocycles. The third-order valence-electron chi connectivity index (χ3n) is 2.04. The van der Waals surface area contributed by atoms with Crippen molar-refractivity contribution in [1.82, 2.24) is 5.06 Å². The number of rotatable bonds is 3. The van der Waals surface area contributed by atoms with E-state index < -0.39 is 5.60 Å². The molecule has 0 atom stereocenters. The molecule has 11 heavy (non-hydrogen) atoms. The molecule has 0 N–H and O–H groups in total. The third kappa shape index (κ3) is 1.36. The molecule has 0 unspecified atom stereocenters. The lowest BCUT2D eigenvalue weighted by Gasteiger charge is -2.19. The summed E-state index contributed by atoms with van der Waals surface area (Å²) in [5.41, 5.74) is -0.565. The summed E-state index contributed by atoms with van der Waals surface area (Å²) in [5.74, 6) is -0.0949. The first kappa shape index (κ1) is 8.49. The van der Waals surface area contributed by atoms with Gasteiger partial charge in [-0.25, -0.2) is 5.06 Å². The topological polar surface area (TPSA) is 38.8 Å². The van der Waals surface area contributed by atoms with Gasteiger partial charge >= 0.3 is 0 Å². The lowest BCUT2D eigenvalue weighted by Crippen LogP contribution is -2.38. The molecule has 1 aliphatic rings. The quantitative estimate of drug-likeness (QED) is 0.551. The van der Waals surface area contributed by atoms with Gasteiger partial charge in [0.25, 0.3) is 5.91 Å². The summed E-state index contributed by atoms with van der Waals surface area (Å²) in [7, 11) is 4.60. The Hall–Kier alpha value is -0.610. The standard InChI is InChI=1S/C7H13NO3/c1-8(11-3)6(9)7(10-2)4-5-7/h4-5H2,1-3H3. The first-order chi connectivity index (χ1) is 5.16. The van der Waals surface area contributed by atoms with Crippen molar-refractivity contribution in [3.8, 4) is 0 Å². The van der Waals surface area contributed by atoms with Crippen molar-refractivity contribution >= 4 is 5.91 Å². The number of carbonyl (C=O) groups is 1. The molecule has 4 nitrogen and oxygen atoms in total. The van der Waals surface area contributed by atoms with Crippen LogP contribution in [0.3, 0.4) is 0 Å². The Labute approximate surface area is 66.0 Å². The molecule has 0 saturated heterocycles. The van der Waals surface area contributed by atoms with E-state index in [-0.39, 0.29) is 5.91 Å². The molecule has 0 aliphatic heterocycles. The highest BCUT2D eigenvalue weighted by Gasteiger charge is 2.52. The maximum absolute atomic E-state index is 11.4. The smallest absolute Gasteiger partial charge is 0.278 e. The van der Waals surface area contributed by atoms with Gasteiger partial charge < -0.3 is 4.74 Å². The van der Waals surface area contributed by atoms with Crippen molar-refractivity contribution < 1.29 is 14.4 Å². The van der Waals surface area contributed by atoms with Crippen molar-refractivity contribution in [2.75, 3.05) is 21.3 Å². The number of nitrogens with zero attached hydrogens (tertiary/aromatic N) is 1. The molecule has 1 amide bonds. The zero-order chi connectivity index (χ0) is 8.48. The van der Waals surface area contributed by atoms with Crippen LogP contribution in [0.5, 0.6) is 0 Å². The zero-order valence-electron chi connectivity index (χ0n) is 7.09. The largest absolute Gasteiger partial charge is 0.368 e. The minimum absolute atomic E-state index is 0.0949. The molecule has 4 heteroatoms. The Morgan fingerprint density at radius 1 is 1.45 bits per heavy atom. The van der Waals surface area contributed by atoms with Gasteiger partial charge in [-0.15, -0.1) is 0 Å². The van der Waals surface area contributed by atoms with Gasteiger partial charge in [0.15, 0.2) is 0 Å². The second-order valence-corrected chi connectivity index (χ2v) is 2.68. The van der Waals surface area contributed by atoms with Crippen LogP contribution < -0.4 is 0 Å². The molecular formula is C7H13NO3. The van der Waals surface area contributed by atoms with Gasteiger partial charge in [0.05, 0.1) is 7.11 Å². The molecule has 1 fully saturated rings. The molecule has 1 saturated carbocycles. The SMILES string of the molecule is CON(C)C(=O)C1(OC)CC1. The second kappa shape index (κ2) is 2.79. The maximum Gasteiger partial charge on any atom is 0.278 e. The summed E-state index contributed by atoms with van der Waals surface area (Å²) < 4.78 is 5.06. The van der Waals surface area contributed by atoms with Gasteiger partial charge in [0, 0.05) is 14.2 Å². The van der Waals surface area contributed by atoms with E-state index in [9.17, 15) is 4.79 Å². The summed E-state index contributed by atoms with van der Waals surface area (Å²) in [6.45, 7) is 0. The molecule has 0 bridgehead atoms. The Morgan fingerprint density at radius 3 is 2.27 bits per heavy atom. The van der Waals surface area contributed by atoms with Gasteiger partial charge in [0.1, 0.15) is 5.60 Å². The minimum atomic E-state index is -0.565. The fourth-order valence-corrected chi connectivity index (χ4v) is 0.989. The van der Waals surface area contributed by atoms with Gasteiger partial charge in [-0.05, 0) is 12.8 Å². The highest BCUT2D eigenvalue weighted by atomic mass is 16.7. The number of carbonyl (C=O) groups excluding carboxylic acids is 1. The van der Waals surface area contributed by atoms with E-state index in [4.69, 9.17) is 9.57 Å². The summed E-state index contributed by atoms with van der Waals surface area (Å²) in [4.78, 5) is 16.1. The van der Waals surface area contributed by atoms with E-state index in [0.717, 1.165) is 12.8 Å². The van der Waals surface area contributed by atoms with E-state index in [1.807, 2.05) is 0 Å². The third-order valence-corrected chi connectivity index (χ3v) is 2.04. The number of methoxy groups -OCH3 is 1. The van der Waals surface area contributed by atoms with Gasteiger partial charge in [-0.1, -0.05) is 0 Å². The van der Waals surface area contributed by atoms with Crippen LogP contribution in [0.15, 0.2) is 0 Å². The average molecular weight is 159 g/mol. The van der Waals surface area contributed by atoms with Crippen molar-refractivity contribution in [2.45, 2.75) is 18.4 Å². The highest BCUT2D eigenvalue weighted by molar-refractivity contribution is 5.87. The van der Waals surface area contributed by atoms with Crippen LogP contribution in [0.1, 0.15) is 12.8 Å². The van der Waals surface area contributed by atoms with Crippen LogP contribution in [0.25, 0.3) is 0 Å². The lowest BCUT2D eigenvalue weighted by atomic mass is 10.3. The number of hydroxylamine groups is 2. The van der Waals surface area contributed by atoms with Crippen LogP contribution in [0, 0.1) is 0 Å². The Kier molecular flexibility index (Phi) is 2.15. The number of hydrogen-bond donors (Lipinski definition) is 0. The van der Waals surface area contributed by atoms with Crippen LogP contribution in [-0.2, 0) is 14.4 Å². The average Bonchev–Trinajstić information content (AvgIpc) is 2.82. The molecule has 64 valence electrons. The first-order valence-corrected chi connectivity index (χ1v) is 3.54. The highest BCUT2D eigenvalue weighted by Crippen LogP contribution is 2.40. The second-order valence-electron chi connectivity index (χ2n) is 2.68. The van der Waals surface area contributed by atoms with E-state index in [2.05, 4.69) is 0 Å². The normalized spacial score (nSPS) is 19.5. The monoisotopic (exact) mass is 159 g/mol. The molecule has 0 radical (unpaired) electrons. The Balaban J connectivity index is 2.53. The van der Waals surface area contributed by atoms with E-state index in [1.165, 1.54) is 12.2 Å². The number of likely N-dealkylation sites (N-methyl/N-ethyl adjacent to an activating group) is 1. The van der Waals surface area contributed by atoms with Crippen LogP contribution in [0.2, 0.25) is 0 Å². The van der Waals surface area contributed by atoms with Crippen molar-refractivity contribution in [1.29, 1.82) is 0 Å². The summed E-state index contributed by atoms with van der Waals surface area (Å²) in [6, 6.07) is 0. The van der Waals surface area contributed by atoms with Gasteiger partial charge in [0.2, 0.25) is 0 Å². The first-order valence-electron chi connectivity index (χ1n) is 3.54. The van der Waals surface area contributed by atoms with Gasteiger partial charge in [-0.3, -0.25) is 9.63 Å². The van der Waals surface area contributed by atoms with Crippen molar-refractivity contribution in [2.24, 2.45) is 0 Å². The van der Waals surface area contributed by atoms with E-state index in [1.54, 1.807) is 14.2 Å². The fourth-order valence-electron chi connectivity index (χ4n) is 0.989. The lowest BCUT2D eigenvalue weighted by molar-refractivity contribution is -0.182. The minimum Gasteiger partial charge on any atom is -0.368 e. The Bertz CT molecular complexity index is 165. The number of ether oxygens (including phenoxy) is 1. The van der Waals surface area contributed by atoms with Crippen molar-refractivity contribution in [3.05, 3.63) is 0 Å². The summed E-state index contributed by atoms with van der Waals surface area (Å²) in [5, 5.41) is 1.20. The summed E-state index contributed by atoms with van der Waals surface area (Å²) >= 11 is 0. The summed E-state index contributed by atoms with van der Waals surface area (Å²) in [6.07, 6.45) is 1.60. The molecule has 0 spiro atoms. The van der Waals surface area contributed by atoms with Crippen LogP contribution >= 0.6 is 0 Å². The number of hydrogen-bond acceptors (Lipinski definition) is 3. The molecular weight excluding hydrogens is 146 g/mol.